The summed E-state index contributed by atoms with van der Waals surface area (Å²) in [4.78, 5) is 0. The predicted octanol–water partition coefficient (Wildman–Crippen LogP) is 4.32. The van der Waals surface area contributed by atoms with Crippen molar-refractivity contribution in [3.05, 3.63) is 75.8 Å². The molecule has 1 atom stereocenters. The molecule has 2 N–H and O–H groups in total. The van der Waals surface area contributed by atoms with Gasteiger partial charge in [-0.05, 0) is 48.5 Å². The Bertz CT molecular complexity index is 690. The Morgan fingerprint density at radius 2 is 1.67 bits per heavy atom. The van der Waals surface area contributed by atoms with Gasteiger partial charge in [0.05, 0.1) is 6.04 Å². The minimum atomic E-state index is 0.0954. The molecule has 0 radical (unpaired) electrons. The first kappa shape index (κ1) is 14.3. The van der Waals surface area contributed by atoms with Gasteiger partial charge in [-0.15, -0.1) is 0 Å². The van der Waals surface area contributed by atoms with Gasteiger partial charge in [-0.2, -0.15) is 0 Å². The molecule has 1 heterocycles. The van der Waals surface area contributed by atoms with E-state index in [4.69, 9.17) is 12.2 Å². The zero-order valence-corrected chi connectivity index (χ0v) is 14.0. The van der Waals surface area contributed by atoms with Crippen LogP contribution in [0.1, 0.15) is 22.7 Å². The molecule has 21 heavy (non-hydrogen) atoms. The van der Waals surface area contributed by atoms with E-state index in [-0.39, 0.29) is 6.04 Å². The van der Waals surface area contributed by atoms with E-state index >= 15 is 0 Å². The van der Waals surface area contributed by atoms with Gasteiger partial charge >= 0.3 is 0 Å². The summed E-state index contributed by atoms with van der Waals surface area (Å²) in [6, 6.07) is 16.8. The molecule has 2 aromatic rings. The minimum Gasteiger partial charge on any atom is -0.352 e. The van der Waals surface area contributed by atoms with Gasteiger partial charge < -0.3 is 10.6 Å². The van der Waals surface area contributed by atoms with Crippen molar-refractivity contribution in [3.8, 4) is 0 Å². The van der Waals surface area contributed by atoms with Crippen LogP contribution in [0.25, 0.3) is 5.70 Å². The van der Waals surface area contributed by atoms with Gasteiger partial charge in [0.25, 0.3) is 0 Å². The highest BCUT2D eigenvalue weighted by molar-refractivity contribution is 9.10. The van der Waals surface area contributed by atoms with Crippen molar-refractivity contribution in [2.75, 3.05) is 0 Å². The van der Waals surface area contributed by atoms with E-state index in [1.807, 2.05) is 12.1 Å². The van der Waals surface area contributed by atoms with Gasteiger partial charge in [-0.25, -0.2) is 0 Å². The van der Waals surface area contributed by atoms with Crippen LogP contribution < -0.4 is 10.6 Å². The van der Waals surface area contributed by atoms with Crippen molar-refractivity contribution in [3.63, 3.8) is 0 Å². The van der Waals surface area contributed by atoms with E-state index in [9.17, 15) is 0 Å². The first-order valence-corrected chi connectivity index (χ1v) is 7.94. The third kappa shape index (κ3) is 3.34. The van der Waals surface area contributed by atoms with Gasteiger partial charge in [-0.1, -0.05) is 57.9 Å². The average molecular weight is 359 g/mol. The fraction of sp³-hybridized carbons (Fsp3) is 0.118. The Balaban J connectivity index is 1.95. The maximum Gasteiger partial charge on any atom is 0.171 e. The fourth-order valence-electron chi connectivity index (χ4n) is 2.30. The third-order valence-corrected chi connectivity index (χ3v) is 4.21. The quantitative estimate of drug-likeness (QED) is 0.781. The molecule has 3 rings (SSSR count). The van der Waals surface area contributed by atoms with Gasteiger partial charge in [-0.3, -0.25) is 0 Å². The van der Waals surface area contributed by atoms with Crippen molar-refractivity contribution in [2.45, 2.75) is 13.0 Å². The number of hydrogen-bond donors (Lipinski definition) is 2. The second-order valence-electron chi connectivity index (χ2n) is 5.07. The maximum atomic E-state index is 5.34. The summed E-state index contributed by atoms with van der Waals surface area (Å²) in [5, 5.41) is 7.18. The lowest BCUT2D eigenvalue weighted by Crippen LogP contribution is -2.40. The molecule has 1 unspecified atom stereocenters. The van der Waals surface area contributed by atoms with Gasteiger partial charge in [0.2, 0.25) is 0 Å². The third-order valence-electron chi connectivity index (χ3n) is 3.46. The van der Waals surface area contributed by atoms with Gasteiger partial charge in [0, 0.05) is 10.2 Å². The van der Waals surface area contributed by atoms with Gasteiger partial charge in [0.15, 0.2) is 5.11 Å². The van der Waals surface area contributed by atoms with Crippen LogP contribution in [-0.2, 0) is 0 Å². The molecule has 106 valence electrons. The smallest absolute Gasteiger partial charge is 0.171 e. The van der Waals surface area contributed by atoms with E-state index in [2.05, 4.69) is 76.0 Å². The topological polar surface area (TPSA) is 24.1 Å². The summed E-state index contributed by atoms with van der Waals surface area (Å²) >= 11 is 8.80. The van der Waals surface area contributed by atoms with Crippen LogP contribution in [0.2, 0.25) is 0 Å². The molecule has 0 saturated carbocycles. The van der Waals surface area contributed by atoms with E-state index in [1.165, 1.54) is 11.1 Å². The molecule has 0 aromatic heterocycles. The second kappa shape index (κ2) is 6.00. The van der Waals surface area contributed by atoms with E-state index < -0.39 is 0 Å². The highest BCUT2D eigenvalue weighted by atomic mass is 79.9. The van der Waals surface area contributed by atoms with Crippen LogP contribution in [0.5, 0.6) is 0 Å². The normalized spacial score (nSPS) is 17.7. The zero-order valence-electron chi connectivity index (χ0n) is 11.6. The summed E-state index contributed by atoms with van der Waals surface area (Å²) in [6.07, 6.45) is 2.17. The van der Waals surface area contributed by atoms with Crippen molar-refractivity contribution >= 4 is 39.0 Å². The Labute approximate surface area is 138 Å². The SMILES string of the molecule is Cc1ccc(C2C=C(c3ccc(Br)cc3)NC(=S)N2)cc1. The molecule has 0 aliphatic carbocycles. The second-order valence-corrected chi connectivity index (χ2v) is 6.40. The Hall–Kier alpha value is -1.65. The number of halogens is 1. The van der Waals surface area contributed by atoms with E-state index in [0.717, 1.165) is 15.7 Å². The van der Waals surface area contributed by atoms with Gasteiger partial charge in [0.1, 0.15) is 0 Å². The predicted molar refractivity (Wildman–Crippen MR) is 94.9 cm³/mol. The number of hydrogen-bond acceptors (Lipinski definition) is 1. The molecule has 0 spiro atoms. The first-order chi connectivity index (χ1) is 10.1. The highest BCUT2D eigenvalue weighted by Crippen LogP contribution is 2.24. The van der Waals surface area contributed by atoms with Crippen LogP contribution in [0.3, 0.4) is 0 Å². The summed E-state index contributed by atoms with van der Waals surface area (Å²) in [7, 11) is 0. The van der Waals surface area contributed by atoms with Crippen molar-refractivity contribution < 1.29 is 0 Å². The Kier molecular flexibility index (Phi) is 4.08. The van der Waals surface area contributed by atoms with Crippen LogP contribution in [0.15, 0.2) is 59.1 Å². The fourth-order valence-corrected chi connectivity index (χ4v) is 2.80. The lowest BCUT2D eigenvalue weighted by atomic mass is 10.0. The summed E-state index contributed by atoms with van der Waals surface area (Å²) in [5.41, 5.74) is 4.63. The Morgan fingerprint density at radius 1 is 1.00 bits per heavy atom. The molecule has 0 saturated heterocycles. The molecule has 2 aromatic carbocycles. The maximum absolute atomic E-state index is 5.34. The number of thiocarbonyl (C=S) groups is 1. The van der Waals surface area contributed by atoms with Crippen molar-refractivity contribution in [1.82, 2.24) is 10.6 Å². The average Bonchev–Trinajstić information content (AvgIpc) is 2.48. The molecule has 0 bridgehead atoms. The lowest BCUT2D eigenvalue weighted by molar-refractivity contribution is 0.765. The number of rotatable bonds is 2. The molecule has 0 fully saturated rings. The molecule has 1 aliphatic rings. The highest BCUT2D eigenvalue weighted by Gasteiger charge is 2.18. The first-order valence-electron chi connectivity index (χ1n) is 6.74. The standard InChI is InChI=1S/C17H15BrN2S/c1-11-2-4-12(5-3-11)15-10-16(20-17(21)19-15)13-6-8-14(18)9-7-13/h2-10,15H,1H3,(H2,19,20,21). The molecule has 1 aliphatic heterocycles. The Morgan fingerprint density at radius 3 is 2.33 bits per heavy atom. The van der Waals surface area contributed by atoms with Crippen molar-refractivity contribution in [1.29, 1.82) is 0 Å². The van der Waals surface area contributed by atoms with E-state index in [0.29, 0.717) is 5.11 Å². The van der Waals surface area contributed by atoms with Crippen LogP contribution >= 0.6 is 28.1 Å². The van der Waals surface area contributed by atoms with Crippen LogP contribution in [0, 0.1) is 6.92 Å². The van der Waals surface area contributed by atoms with Crippen LogP contribution in [0.4, 0.5) is 0 Å². The summed E-state index contributed by atoms with van der Waals surface area (Å²) in [6.45, 7) is 2.09. The monoisotopic (exact) mass is 358 g/mol. The number of nitrogens with one attached hydrogen (secondary N) is 2. The number of aryl methyl sites for hydroxylation is 1. The molecule has 0 amide bonds. The van der Waals surface area contributed by atoms with Crippen molar-refractivity contribution in [2.24, 2.45) is 0 Å². The van der Waals surface area contributed by atoms with Crippen LogP contribution in [-0.4, -0.2) is 5.11 Å². The molecule has 2 nitrogen and oxygen atoms in total. The summed E-state index contributed by atoms with van der Waals surface area (Å²) in [5.74, 6) is 0. The molecule has 4 heteroatoms. The zero-order chi connectivity index (χ0) is 14.8. The lowest BCUT2D eigenvalue weighted by Gasteiger charge is -2.26. The largest absolute Gasteiger partial charge is 0.352 e. The molecular weight excluding hydrogens is 344 g/mol. The number of benzene rings is 2. The van der Waals surface area contributed by atoms with E-state index in [1.54, 1.807) is 0 Å². The summed E-state index contributed by atoms with van der Waals surface area (Å²) < 4.78 is 1.07. The minimum absolute atomic E-state index is 0.0954. The molecular formula is C17H15BrN2S.